The number of hydrogen-bond donors (Lipinski definition) is 2. The quantitative estimate of drug-likeness (QED) is 0.322. The van der Waals surface area contributed by atoms with Gasteiger partial charge >= 0.3 is 0 Å². The second-order valence-corrected chi connectivity index (χ2v) is 9.12. The molecule has 196 valence electrons. The van der Waals surface area contributed by atoms with Gasteiger partial charge in [0.2, 0.25) is 0 Å². The molecule has 0 atom stereocenters. The molecular weight excluding hydrogens is 473 g/mol. The number of benzene rings is 3. The van der Waals surface area contributed by atoms with E-state index < -0.39 is 11.7 Å². The van der Waals surface area contributed by atoms with Gasteiger partial charge in [-0.25, -0.2) is 4.39 Å². The number of carbonyl (C=O) groups is 1. The van der Waals surface area contributed by atoms with Crippen LogP contribution in [0.15, 0.2) is 60.7 Å². The first kappa shape index (κ1) is 26.3. The van der Waals surface area contributed by atoms with Gasteiger partial charge in [-0.1, -0.05) is 25.5 Å². The van der Waals surface area contributed by atoms with Crippen molar-refractivity contribution in [2.45, 2.75) is 38.7 Å². The fraction of sp³-hybridized carbons (Fsp3) is 0.345. The molecule has 1 aliphatic rings. The monoisotopic (exact) mass is 507 g/mol. The Bertz CT molecular complexity index is 1210. The van der Waals surface area contributed by atoms with Crippen LogP contribution >= 0.6 is 0 Å². The third-order valence-electron chi connectivity index (χ3n) is 6.39. The van der Waals surface area contributed by atoms with Crippen molar-refractivity contribution in [1.29, 1.82) is 0 Å². The van der Waals surface area contributed by atoms with Crippen molar-refractivity contribution in [2.75, 3.05) is 37.8 Å². The molecule has 0 bridgehead atoms. The molecule has 1 amide bonds. The summed E-state index contributed by atoms with van der Waals surface area (Å²) in [6.45, 7) is 5.29. The second-order valence-electron chi connectivity index (χ2n) is 9.12. The molecule has 0 aromatic heterocycles. The molecular formula is C29H34FN3O4. The fourth-order valence-corrected chi connectivity index (χ4v) is 4.31. The van der Waals surface area contributed by atoms with E-state index in [2.05, 4.69) is 17.1 Å². The molecule has 3 aromatic rings. The maximum Gasteiger partial charge on any atom is 0.259 e. The van der Waals surface area contributed by atoms with E-state index in [0.29, 0.717) is 28.5 Å². The Labute approximate surface area is 217 Å². The molecule has 0 radical (unpaired) electrons. The summed E-state index contributed by atoms with van der Waals surface area (Å²) < 4.78 is 32.1. The van der Waals surface area contributed by atoms with Crippen LogP contribution in [-0.4, -0.2) is 43.7 Å². The summed E-state index contributed by atoms with van der Waals surface area (Å²) in [5.74, 6) is 0.522. The minimum Gasteiger partial charge on any atom is -0.493 e. The van der Waals surface area contributed by atoms with Gasteiger partial charge in [0, 0.05) is 30.9 Å². The highest BCUT2D eigenvalue weighted by Gasteiger charge is 2.22. The van der Waals surface area contributed by atoms with Crippen molar-refractivity contribution in [3.63, 3.8) is 0 Å². The number of piperidine rings is 1. The Morgan fingerprint density at radius 2 is 1.84 bits per heavy atom. The highest BCUT2D eigenvalue weighted by molar-refractivity contribution is 6.06. The van der Waals surface area contributed by atoms with E-state index in [0.717, 1.165) is 32.5 Å². The summed E-state index contributed by atoms with van der Waals surface area (Å²) in [4.78, 5) is 15.5. The zero-order chi connectivity index (χ0) is 26.2. The van der Waals surface area contributed by atoms with Crippen LogP contribution in [0.2, 0.25) is 0 Å². The summed E-state index contributed by atoms with van der Waals surface area (Å²) in [7, 11) is 1.50. The first-order chi connectivity index (χ1) is 18.0. The molecule has 1 aliphatic heterocycles. The zero-order valence-electron chi connectivity index (χ0n) is 21.3. The van der Waals surface area contributed by atoms with Gasteiger partial charge in [-0.05, 0) is 62.2 Å². The number of nitrogens with one attached hydrogen (secondary N) is 1. The van der Waals surface area contributed by atoms with Gasteiger partial charge in [0.25, 0.3) is 5.91 Å². The number of methoxy groups -OCH3 is 1. The Morgan fingerprint density at radius 3 is 2.57 bits per heavy atom. The lowest BCUT2D eigenvalue weighted by atomic mass is 10.1. The molecule has 8 heteroatoms. The van der Waals surface area contributed by atoms with Crippen LogP contribution in [0.3, 0.4) is 0 Å². The van der Waals surface area contributed by atoms with Gasteiger partial charge < -0.3 is 30.2 Å². The molecule has 3 N–H and O–H groups in total. The number of anilines is 2. The smallest absolute Gasteiger partial charge is 0.259 e. The number of hydrogen-bond acceptors (Lipinski definition) is 6. The Hall–Kier alpha value is -3.78. The number of rotatable bonds is 10. The Balaban J connectivity index is 1.40. The highest BCUT2D eigenvalue weighted by Crippen LogP contribution is 2.34. The van der Waals surface area contributed by atoms with Crippen molar-refractivity contribution < 1.29 is 23.4 Å². The summed E-state index contributed by atoms with van der Waals surface area (Å²) in [6.07, 6.45) is 4.26. The van der Waals surface area contributed by atoms with Crippen LogP contribution in [-0.2, 0) is 0 Å². The van der Waals surface area contributed by atoms with Crippen LogP contribution < -0.4 is 25.3 Å². The van der Waals surface area contributed by atoms with Crippen molar-refractivity contribution in [2.24, 2.45) is 0 Å². The largest absolute Gasteiger partial charge is 0.493 e. The van der Waals surface area contributed by atoms with E-state index in [9.17, 15) is 9.18 Å². The minimum atomic E-state index is -0.627. The van der Waals surface area contributed by atoms with E-state index in [1.54, 1.807) is 42.5 Å². The number of nitrogens with zero attached hydrogens (tertiary/aromatic N) is 1. The normalized spacial score (nSPS) is 14.2. The molecule has 1 fully saturated rings. The highest BCUT2D eigenvalue weighted by atomic mass is 19.1. The number of ether oxygens (including phenoxy) is 3. The van der Waals surface area contributed by atoms with Gasteiger partial charge in [-0.3, -0.25) is 4.79 Å². The average molecular weight is 508 g/mol. The molecule has 1 saturated heterocycles. The van der Waals surface area contributed by atoms with Crippen molar-refractivity contribution >= 4 is 17.3 Å². The van der Waals surface area contributed by atoms with E-state index in [1.165, 1.54) is 32.1 Å². The number of likely N-dealkylation sites (tertiary alicyclic amines) is 1. The molecule has 0 unspecified atom stereocenters. The number of nitrogens with two attached hydrogens (primary N) is 1. The molecule has 37 heavy (non-hydrogen) atoms. The van der Waals surface area contributed by atoms with Crippen LogP contribution in [0.5, 0.6) is 23.0 Å². The van der Waals surface area contributed by atoms with E-state index in [4.69, 9.17) is 19.9 Å². The van der Waals surface area contributed by atoms with E-state index >= 15 is 0 Å². The van der Waals surface area contributed by atoms with E-state index in [-0.39, 0.29) is 17.5 Å². The van der Waals surface area contributed by atoms with Crippen molar-refractivity contribution in [3.8, 4) is 23.0 Å². The van der Waals surface area contributed by atoms with Crippen molar-refractivity contribution in [1.82, 2.24) is 4.90 Å². The Morgan fingerprint density at radius 1 is 1.05 bits per heavy atom. The van der Waals surface area contributed by atoms with Crippen LogP contribution in [0, 0.1) is 5.82 Å². The number of para-hydroxylation sites is 1. The summed E-state index contributed by atoms with van der Waals surface area (Å²) in [5, 5.41) is 2.66. The van der Waals surface area contributed by atoms with Gasteiger partial charge in [0.05, 0.1) is 18.4 Å². The fourth-order valence-electron chi connectivity index (χ4n) is 4.31. The number of carbonyl (C=O) groups excluding carboxylic acids is 1. The molecule has 0 aliphatic carbocycles. The zero-order valence-corrected chi connectivity index (χ0v) is 21.3. The van der Waals surface area contributed by atoms with Gasteiger partial charge in [0.1, 0.15) is 23.4 Å². The van der Waals surface area contributed by atoms with Gasteiger partial charge in [-0.2, -0.15) is 0 Å². The first-order valence-corrected chi connectivity index (χ1v) is 12.7. The minimum absolute atomic E-state index is 0.0423. The lowest BCUT2D eigenvalue weighted by molar-refractivity contribution is 0.0943. The van der Waals surface area contributed by atoms with Crippen LogP contribution in [0.25, 0.3) is 0 Å². The third-order valence-corrected chi connectivity index (χ3v) is 6.39. The molecule has 0 saturated carbocycles. The Kier molecular flexibility index (Phi) is 8.85. The molecule has 3 aromatic carbocycles. The van der Waals surface area contributed by atoms with E-state index in [1.807, 2.05) is 6.07 Å². The van der Waals surface area contributed by atoms with Crippen LogP contribution in [0.4, 0.5) is 15.8 Å². The van der Waals surface area contributed by atoms with Gasteiger partial charge in [0.15, 0.2) is 11.5 Å². The number of amides is 1. The maximum absolute atomic E-state index is 14.9. The summed E-state index contributed by atoms with van der Waals surface area (Å²) in [6, 6.07) is 16.2. The van der Waals surface area contributed by atoms with Crippen LogP contribution in [0.1, 0.15) is 43.0 Å². The standard InChI is InChI=1S/C29H34FN3O4/c1-3-4-15-33-16-13-21(14-17-33)36-26-8-6-5-7-23(26)29(34)32-25-11-10-22(19-24(25)30)37-27-12-9-20(31)18-28(27)35-2/h5-12,18-19,21H,3-4,13-17,31H2,1-2H3,(H,32,34). The average Bonchev–Trinajstić information content (AvgIpc) is 2.91. The second kappa shape index (κ2) is 12.5. The lowest BCUT2D eigenvalue weighted by Gasteiger charge is -2.32. The molecule has 4 rings (SSSR count). The number of nitrogen functional groups attached to an aromatic ring is 1. The predicted molar refractivity (Wildman–Crippen MR) is 143 cm³/mol. The number of unbranched alkanes of at least 4 members (excludes halogenated alkanes) is 1. The lowest BCUT2D eigenvalue weighted by Crippen LogP contribution is -2.38. The summed E-state index contributed by atoms with van der Waals surface area (Å²) in [5.41, 5.74) is 6.70. The number of halogens is 1. The third kappa shape index (κ3) is 6.92. The molecule has 0 spiro atoms. The van der Waals surface area contributed by atoms with Gasteiger partial charge in [-0.15, -0.1) is 0 Å². The molecule has 1 heterocycles. The van der Waals surface area contributed by atoms with Crippen molar-refractivity contribution in [3.05, 3.63) is 72.0 Å². The first-order valence-electron chi connectivity index (χ1n) is 12.7. The molecule has 7 nitrogen and oxygen atoms in total. The predicted octanol–water partition coefficient (Wildman–Crippen LogP) is 6.10. The topological polar surface area (TPSA) is 86.0 Å². The maximum atomic E-state index is 14.9. The summed E-state index contributed by atoms with van der Waals surface area (Å²) >= 11 is 0. The SMILES string of the molecule is CCCCN1CCC(Oc2ccccc2C(=O)Nc2ccc(Oc3ccc(N)cc3OC)cc2F)CC1.